The fourth-order valence-electron chi connectivity index (χ4n) is 1.85. The van der Waals surface area contributed by atoms with Crippen molar-refractivity contribution in [1.82, 2.24) is 9.38 Å². The molecule has 0 saturated heterocycles. The summed E-state index contributed by atoms with van der Waals surface area (Å²) in [5.41, 5.74) is 2.11. The molecule has 4 heteroatoms. The van der Waals surface area contributed by atoms with Crippen molar-refractivity contribution < 1.29 is 9.90 Å². The molecule has 16 heavy (non-hydrogen) atoms. The Kier molecular flexibility index (Phi) is 1.71. The molecule has 3 rings (SSSR count). The summed E-state index contributed by atoms with van der Waals surface area (Å²) in [4.78, 5) is 15.0. The van der Waals surface area contributed by atoms with E-state index in [9.17, 15) is 4.79 Å². The first-order valence-electron chi connectivity index (χ1n) is 4.85. The van der Waals surface area contributed by atoms with Crippen molar-refractivity contribution in [2.24, 2.45) is 0 Å². The van der Waals surface area contributed by atoms with Gasteiger partial charge in [0.05, 0.1) is 11.1 Å². The average Bonchev–Trinajstić information content (AvgIpc) is 2.76. The molecule has 3 aromatic rings. The van der Waals surface area contributed by atoms with Gasteiger partial charge in [0.15, 0.2) is 0 Å². The van der Waals surface area contributed by atoms with Gasteiger partial charge in [-0.3, -0.25) is 4.40 Å². The van der Waals surface area contributed by atoms with Crippen LogP contribution in [0, 0.1) is 0 Å². The lowest BCUT2D eigenvalue weighted by Crippen LogP contribution is -1.96. The van der Waals surface area contributed by atoms with Crippen LogP contribution in [0.3, 0.4) is 0 Å². The van der Waals surface area contributed by atoms with Crippen LogP contribution in [0.2, 0.25) is 0 Å². The minimum absolute atomic E-state index is 0.298. The number of carboxylic acids is 1. The second kappa shape index (κ2) is 3.06. The van der Waals surface area contributed by atoms with Crippen molar-refractivity contribution in [3.05, 3.63) is 48.3 Å². The molecule has 0 spiro atoms. The number of pyridine rings is 1. The molecule has 2 aromatic heterocycles. The number of benzene rings is 1. The second-order valence-corrected chi connectivity index (χ2v) is 3.57. The number of imidazole rings is 1. The lowest BCUT2D eigenvalue weighted by atomic mass is 10.1. The van der Waals surface area contributed by atoms with Gasteiger partial charge in [0, 0.05) is 12.4 Å². The summed E-state index contributed by atoms with van der Waals surface area (Å²) in [6.45, 7) is 0. The predicted octanol–water partition coefficient (Wildman–Crippen LogP) is 2.19. The van der Waals surface area contributed by atoms with Crippen LogP contribution in [-0.4, -0.2) is 20.5 Å². The van der Waals surface area contributed by atoms with E-state index < -0.39 is 5.97 Å². The highest BCUT2D eigenvalue weighted by molar-refractivity contribution is 5.94. The van der Waals surface area contributed by atoms with E-state index in [1.54, 1.807) is 24.4 Å². The maximum atomic E-state index is 10.8. The first-order chi connectivity index (χ1) is 7.75. The van der Waals surface area contributed by atoms with Crippen LogP contribution in [0.15, 0.2) is 42.7 Å². The molecule has 0 amide bonds. The summed E-state index contributed by atoms with van der Waals surface area (Å²) in [6, 6.07) is 8.81. The highest BCUT2D eigenvalue weighted by atomic mass is 16.4. The molecule has 0 aliphatic heterocycles. The van der Waals surface area contributed by atoms with Gasteiger partial charge in [-0.1, -0.05) is 0 Å². The van der Waals surface area contributed by atoms with Crippen molar-refractivity contribution in [1.29, 1.82) is 0 Å². The van der Waals surface area contributed by atoms with Crippen LogP contribution in [0.5, 0.6) is 0 Å². The predicted molar refractivity (Wildman–Crippen MR) is 59.7 cm³/mol. The van der Waals surface area contributed by atoms with E-state index in [0.29, 0.717) is 5.56 Å². The van der Waals surface area contributed by atoms with Gasteiger partial charge in [-0.2, -0.15) is 0 Å². The molecular weight excluding hydrogens is 204 g/mol. The van der Waals surface area contributed by atoms with Crippen LogP contribution >= 0.6 is 0 Å². The molecule has 0 bridgehead atoms. The van der Waals surface area contributed by atoms with Gasteiger partial charge in [-0.05, 0) is 35.7 Å². The Bertz CT molecular complexity index is 700. The van der Waals surface area contributed by atoms with Gasteiger partial charge in [0.25, 0.3) is 0 Å². The molecule has 0 aliphatic rings. The van der Waals surface area contributed by atoms with Crippen molar-refractivity contribution >= 4 is 22.5 Å². The number of aromatic nitrogens is 2. The number of hydrogen-bond acceptors (Lipinski definition) is 2. The van der Waals surface area contributed by atoms with Gasteiger partial charge >= 0.3 is 5.97 Å². The Morgan fingerprint density at radius 3 is 2.94 bits per heavy atom. The Balaban J connectivity index is 2.41. The van der Waals surface area contributed by atoms with Crippen molar-refractivity contribution in [3.63, 3.8) is 0 Å². The lowest BCUT2D eigenvalue weighted by Gasteiger charge is -2.02. The molecule has 1 N–H and O–H groups in total. The van der Waals surface area contributed by atoms with Gasteiger partial charge in [-0.15, -0.1) is 0 Å². The standard InChI is InChI=1S/C12H8N2O2/c15-12(16)9-1-3-10-8(7-9)2-4-11-13-5-6-14(10)11/h1-7H,(H,15,16). The van der Waals surface area contributed by atoms with E-state index in [4.69, 9.17) is 5.11 Å². The van der Waals surface area contributed by atoms with Crippen LogP contribution in [0.25, 0.3) is 16.6 Å². The Hall–Kier alpha value is -2.36. The summed E-state index contributed by atoms with van der Waals surface area (Å²) in [5, 5.41) is 9.79. The van der Waals surface area contributed by atoms with Gasteiger partial charge in [0.1, 0.15) is 5.65 Å². The molecule has 0 atom stereocenters. The van der Waals surface area contributed by atoms with Gasteiger partial charge < -0.3 is 5.11 Å². The summed E-state index contributed by atoms with van der Waals surface area (Å²) in [7, 11) is 0. The van der Waals surface area contributed by atoms with E-state index in [2.05, 4.69) is 4.98 Å². The monoisotopic (exact) mass is 212 g/mol. The number of carbonyl (C=O) groups is 1. The minimum atomic E-state index is -0.910. The number of hydrogen-bond donors (Lipinski definition) is 1. The summed E-state index contributed by atoms with van der Waals surface area (Å²) >= 11 is 0. The van der Waals surface area contributed by atoms with Crippen LogP contribution < -0.4 is 0 Å². The second-order valence-electron chi connectivity index (χ2n) is 3.57. The third-order valence-corrected chi connectivity index (χ3v) is 2.62. The van der Waals surface area contributed by atoms with Gasteiger partial charge in [0.2, 0.25) is 0 Å². The third kappa shape index (κ3) is 1.16. The Labute approximate surface area is 90.8 Å². The number of nitrogens with zero attached hydrogens (tertiary/aromatic N) is 2. The lowest BCUT2D eigenvalue weighted by molar-refractivity contribution is 0.0697. The Morgan fingerprint density at radius 1 is 1.25 bits per heavy atom. The fourth-order valence-corrected chi connectivity index (χ4v) is 1.85. The number of carboxylic acid groups (broad SMARTS) is 1. The zero-order valence-corrected chi connectivity index (χ0v) is 8.29. The highest BCUT2D eigenvalue weighted by Gasteiger charge is 2.05. The smallest absolute Gasteiger partial charge is 0.335 e. The molecule has 0 saturated carbocycles. The summed E-state index contributed by atoms with van der Waals surface area (Å²) in [5.74, 6) is -0.910. The van der Waals surface area contributed by atoms with Crippen molar-refractivity contribution in [2.75, 3.05) is 0 Å². The summed E-state index contributed by atoms with van der Waals surface area (Å²) in [6.07, 6.45) is 3.58. The molecule has 0 radical (unpaired) electrons. The quantitative estimate of drug-likeness (QED) is 0.672. The number of fused-ring (bicyclic) bond motifs is 3. The topological polar surface area (TPSA) is 54.6 Å². The van der Waals surface area contributed by atoms with Crippen molar-refractivity contribution in [3.8, 4) is 0 Å². The van der Waals surface area contributed by atoms with E-state index in [1.807, 2.05) is 22.7 Å². The van der Waals surface area contributed by atoms with Crippen LogP contribution in [0.1, 0.15) is 10.4 Å². The maximum absolute atomic E-state index is 10.8. The van der Waals surface area contributed by atoms with Crippen molar-refractivity contribution in [2.45, 2.75) is 0 Å². The molecule has 1 aromatic carbocycles. The van der Waals surface area contributed by atoms with E-state index in [0.717, 1.165) is 16.6 Å². The van der Waals surface area contributed by atoms with Gasteiger partial charge in [-0.25, -0.2) is 9.78 Å². The molecule has 0 unspecified atom stereocenters. The van der Waals surface area contributed by atoms with E-state index >= 15 is 0 Å². The van der Waals surface area contributed by atoms with E-state index in [-0.39, 0.29) is 0 Å². The Morgan fingerprint density at radius 2 is 2.12 bits per heavy atom. The minimum Gasteiger partial charge on any atom is -0.478 e. The summed E-state index contributed by atoms with van der Waals surface area (Å²) < 4.78 is 1.93. The molecule has 0 aliphatic carbocycles. The van der Waals surface area contributed by atoms with E-state index in [1.165, 1.54) is 0 Å². The first-order valence-corrected chi connectivity index (χ1v) is 4.85. The van der Waals surface area contributed by atoms with Crippen LogP contribution in [0.4, 0.5) is 0 Å². The first kappa shape index (κ1) is 8.91. The van der Waals surface area contributed by atoms with Crippen LogP contribution in [-0.2, 0) is 0 Å². The number of aromatic carboxylic acids is 1. The molecular formula is C12H8N2O2. The number of rotatable bonds is 1. The largest absolute Gasteiger partial charge is 0.478 e. The maximum Gasteiger partial charge on any atom is 0.335 e. The molecule has 2 heterocycles. The highest BCUT2D eigenvalue weighted by Crippen LogP contribution is 2.18. The molecule has 78 valence electrons. The SMILES string of the molecule is O=C(O)c1ccc2c(ccc3nccn32)c1. The average molecular weight is 212 g/mol. The zero-order valence-electron chi connectivity index (χ0n) is 8.29. The molecule has 4 nitrogen and oxygen atoms in total. The third-order valence-electron chi connectivity index (χ3n) is 2.62. The fraction of sp³-hybridized carbons (Fsp3) is 0. The molecule has 0 fully saturated rings. The zero-order chi connectivity index (χ0) is 11.1. The normalized spacial score (nSPS) is 11.0.